The number of halogens is 2. The lowest BCUT2D eigenvalue weighted by molar-refractivity contribution is 0.0564. The summed E-state index contributed by atoms with van der Waals surface area (Å²) < 4.78 is 35.4. The Kier molecular flexibility index (Phi) is 6.44. The van der Waals surface area contributed by atoms with E-state index in [0.717, 1.165) is 0 Å². The zero-order chi connectivity index (χ0) is 25.1. The number of ether oxygens (including phenoxy) is 1. The van der Waals surface area contributed by atoms with Crippen molar-refractivity contribution in [2.45, 2.75) is 13.0 Å². The second-order valence-electron chi connectivity index (χ2n) is 7.69. The molecule has 0 saturated carbocycles. The highest BCUT2D eigenvalue weighted by Crippen LogP contribution is 2.28. The Morgan fingerprint density at radius 3 is 2.64 bits per heavy atom. The van der Waals surface area contributed by atoms with Crippen molar-refractivity contribution in [3.05, 3.63) is 48.1 Å². The fraction of sp³-hybridized carbons (Fsp3) is 0.286. The van der Waals surface area contributed by atoms with Gasteiger partial charge in [0.05, 0.1) is 30.2 Å². The zero-order valence-electron chi connectivity index (χ0n) is 18.6. The Morgan fingerprint density at radius 1 is 1.11 bits per heavy atom. The molecular formula is C21H19F2N9O4. The molecule has 0 unspecified atom stereocenters. The summed E-state index contributed by atoms with van der Waals surface area (Å²) in [4.78, 5) is 19.6. The number of benzene rings is 1. The second kappa shape index (κ2) is 9.99. The van der Waals surface area contributed by atoms with Crippen LogP contribution in [0.4, 0.5) is 19.3 Å². The molecule has 0 aliphatic carbocycles. The fourth-order valence-electron chi connectivity index (χ4n) is 3.39. The number of carbonyl (C=O) groups is 1. The summed E-state index contributed by atoms with van der Waals surface area (Å²) in [5.41, 5.74) is 1.71. The minimum atomic E-state index is -2.85. The van der Waals surface area contributed by atoms with Crippen molar-refractivity contribution < 1.29 is 27.8 Å². The van der Waals surface area contributed by atoms with Crippen LogP contribution in [0.25, 0.3) is 22.8 Å². The van der Waals surface area contributed by atoms with Crippen LogP contribution in [0.5, 0.6) is 5.75 Å². The number of hydrogen-bond donors (Lipinski definition) is 2. The van der Waals surface area contributed by atoms with Crippen LogP contribution in [0, 0.1) is 0 Å². The first-order chi connectivity index (χ1) is 17.5. The predicted octanol–water partition coefficient (Wildman–Crippen LogP) is 2.34. The maximum atomic E-state index is 12.6. The Morgan fingerprint density at radius 2 is 1.92 bits per heavy atom. The van der Waals surface area contributed by atoms with Gasteiger partial charge >= 0.3 is 12.5 Å². The number of urea groups is 1. The van der Waals surface area contributed by atoms with Crippen LogP contribution in [0.15, 0.2) is 40.9 Å². The number of alkyl halides is 2. The monoisotopic (exact) mass is 499 g/mol. The van der Waals surface area contributed by atoms with Crippen molar-refractivity contribution in [1.29, 1.82) is 0 Å². The lowest BCUT2D eigenvalue weighted by Crippen LogP contribution is -2.43. The molecule has 1 aliphatic rings. The van der Waals surface area contributed by atoms with E-state index in [1.54, 1.807) is 29.2 Å². The van der Waals surface area contributed by atoms with E-state index in [1.807, 2.05) is 0 Å². The van der Waals surface area contributed by atoms with Gasteiger partial charge in [-0.3, -0.25) is 4.98 Å². The number of hydrogen-bond acceptors (Lipinski definition) is 10. The quantitative estimate of drug-likeness (QED) is 0.377. The SMILES string of the molecule is O=C(Nc1cc(-c2nnn(Cc3ccc(-c4nnc(C(F)F)o4)cn3)n2)ccc1O)N1CCOCC1. The normalized spacial score (nSPS) is 13.8. The number of anilines is 1. The van der Waals surface area contributed by atoms with Crippen LogP contribution in [0.1, 0.15) is 18.0 Å². The summed E-state index contributed by atoms with van der Waals surface area (Å²) >= 11 is 0. The van der Waals surface area contributed by atoms with Gasteiger partial charge in [0.15, 0.2) is 0 Å². The number of nitrogens with one attached hydrogen (secondary N) is 1. The molecule has 186 valence electrons. The van der Waals surface area contributed by atoms with Gasteiger partial charge in [-0.1, -0.05) is 0 Å². The van der Waals surface area contributed by atoms with Crippen LogP contribution in [0.3, 0.4) is 0 Å². The molecule has 2 amide bonds. The standard InChI is InChI=1S/C21H19F2N9O4/c22-17(23)20-28-27-19(36-20)13-1-3-14(24-10-13)11-32-29-18(26-30-32)12-2-4-16(33)15(9-12)25-21(34)31-5-7-35-8-6-31/h1-4,9-10,17,33H,5-8,11H2,(H,25,34). The molecule has 4 aromatic rings. The van der Waals surface area contributed by atoms with Gasteiger partial charge in [-0.25, -0.2) is 4.79 Å². The third-order valence-corrected chi connectivity index (χ3v) is 5.25. The molecule has 0 bridgehead atoms. The van der Waals surface area contributed by atoms with Crippen molar-refractivity contribution in [2.75, 3.05) is 31.6 Å². The predicted molar refractivity (Wildman–Crippen MR) is 118 cm³/mol. The minimum Gasteiger partial charge on any atom is -0.506 e. The summed E-state index contributed by atoms with van der Waals surface area (Å²) in [5, 5.41) is 32.1. The maximum Gasteiger partial charge on any atom is 0.322 e. The van der Waals surface area contributed by atoms with Crippen LogP contribution < -0.4 is 5.32 Å². The van der Waals surface area contributed by atoms with Gasteiger partial charge in [0.25, 0.3) is 5.89 Å². The van der Waals surface area contributed by atoms with E-state index in [9.17, 15) is 18.7 Å². The molecule has 36 heavy (non-hydrogen) atoms. The van der Waals surface area contributed by atoms with Gasteiger partial charge in [-0.15, -0.1) is 20.4 Å². The molecule has 0 radical (unpaired) electrons. The van der Waals surface area contributed by atoms with Crippen LogP contribution in [0.2, 0.25) is 0 Å². The molecular weight excluding hydrogens is 480 g/mol. The number of tetrazole rings is 1. The first-order valence-corrected chi connectivity index (χ1v) is 10.8. The fourth-order valence-corrected chi connectivity index (χ4v) is 3.39. The Hall–Kier alpha value is -4.53. The molecule has 1 saturated heterocycles. The molecule has 15 heteroatoms. The number of amides is 2. The summed E-state index contributed by atoms with van der Waals surface area (Å²) in [6.45, 7) is 2.02. The number of aromatic nitrogens is 7. The summed E-state index contributed by atoms with van der Waals surface area (Å²) in [6, 6.07) is 7.49. The van der Waals surface area contributed by atoms with E-state index in [1.165, 1.54) is 17.1 Å². The van der Waals surface area contributed by atoms with Gasteiger partial charge in [-0.05, 0) is 35.5 Å². The topological polar surface area (TPSA) is 157 Å². The molecule has 5 rings (SSSR count). The third-order valence-electron chi connectivity index (χ3n) is 5.25. The van der Waals surface area contributed by atoms with E-state index in [4.69, 9.17) is 9.15 Å². The minimum absolute atomic E-state index is 0.0608. The van der Waals surface area contributed by atoms with Crippen LogP contribution in [-0.4, -0.2) is 77.7 Å². The first-order valence-electron chi connectivity index (χ1n) is 10.8. The summed E-state index contributed by atoms with van der Waals surface area (Å²) in [7, 11) is 0. The highest BCUT2D eigenvalue weighted by atomic mass is 19.3. The van der Waals surface area contributed by atoms with Gasteiger partial charge < -0.3 is 24.5 Å². The zero-order valence-corrected chi connectivity index (χ0v) is 18.6. The van der Waals surface area contributed by atoms with E-state index in [0.29, 0.717) is 43.1 Å². The average Bonchev–Trinajstić information content (AvgIpc) is 3.57. The number of rotatable bonds is 6. The summed E-state index contributed by atoms with van der Waals surface area (Å²) in [5.74, 6) is -0.640. The smallest absolute Gasteiger partial charge is 0.322 e. The molecule has 1 aromatic carbocycles. The molecule has 13 nitrogen and oxygen atoms in total. The lowest BCUT2D eigenvalue weighted by Gasteiger charge is -2.27. The van der Waals surface area contributed by atoms with Crippen molar-refractivity contribution in [3.8, 4) is 28.6 Å². The van der Waals surface area contributed by atoms with Crippen LogP contribution in [-0.2, 0) is 11.3 Å². The van der Waals surface area contributed by atoms with E-state index < -0.39 is 12.3 Å². The van der Waals surface area contributed by atoms with E-state index in [2.05, 4.69) is 35.9 Å². The van der Waals surface area contributed by atoms with Crippen molar-refractivity contribution in [3.63, 3.8) is 0 Å². The first kappa shape index (κ1) is 23.2. The number of phenolic OH excluding ortho intramolecular Hbond substituents is 1. The molecule has 4 heterocycles. The van der Waals surface area contributed by atoms with Crippen molar-refractivity contribution >= 4 is 11.7 Å². The second-order valence-corrected chi connectivity index (χ2v) is 7.69. The number of phenols is 1. The Bertz CT molecular complexity index is 1350. The van der Waals surface area contributed by atoms with Crippen molar-refractivity contribution in [2.24, 2.45) is 0 Å². The maximum absolute atomic E-state index is 12.6. The third kappa shape index (κ3) is 5.10. The Labute approximate surface area is 201 Å². The highest BCUT2D eigenvalue weighted by molar-refractivity contribution is 5.91. The average molecular weight is 499 g/mol. The summed E-state index contributed by atoms with van der Waals surface area (Å²) in [6.07, 6.45) is -1.43. The largest absolute Gasteiger partial charge is 0.506 e. The Balaban J connectivity index is 1.26. The molecule has 3 aromatic heterocycles. The molecule has 1 aliphatic heterocycles. The van der Waals surface area contributed by atoms with Crippen molar-refractivity contribution in [1.82, 2.24) is 40.3 Å². The van der Waals surface area contributed by atoms with Gasteiger partial charge in [0.1, 0.15) is 12.3 Å². The lowest BCUT2D eigenvalue weighted by atomic mass is 10.2. The van der Waals surface area contributed by atoms with E-state index >= 15 is 0 Å². The van der Waals surface area contributed by atoms with Crippen LogP contribution >= 0.6 is 0 Å². The molecule has 2 N–H and O–H groups in total. The van der Waals surface area contributed by atoms with Gasteiger partial charge in [0.2, 0.25) is 11.7 Å². The number of carbonyl (C=O) groups excluding carboxylic acids is 1. The number of aromatic hydroxyl groups is 1. The number of morpholine rings is 1. The molecule has 0 atom stereocenters. The van der Waals surface area contributed by atoms with E-state index in [-0.39, 0.29) is 35.7 Å². The van der Waals surface area contributed by atoms with Gasteiger partial charge in [0, 0.05) is 24.8 Å². The number of pyridine rings is 1. The molecule has 1 fully saturated rings. The number of nitrogens with zero attached hydrogens (tertiary/aromatic N) is 8. The molecule has 0 spiro atoms. The van der Waals surface area contributed by atoms with Gasteiger partial charge in [-0.2, -0.15) is 13.6 Å². The highest BCUT2D eigenvalue weighted by Gasteiger charge is 2.19.